The van der Waals surface area contributed by atoms with Gasteiger partial charge in [-0.2, -0.15) is 5.10 Å². The van der Waals surface area contributed by atoms with Gasteiger partial charge in [-0.3, -0.25) is 4.79 Å². The van der Waals surface area contributed by atoms with E-state index in [0.717, 1.165) is 53.1 Å². The molecule has 0 aromatic carbocycles. The summed E-state index contributed by atoms with van der Waals surface area (Å²) in [5.74, 6) is -1.08. The van der Waals surface area contributed by atoms with Crippen LogP contribution in [0.5, 0.6) is 0 Å². The summed E-state index contributed by atoms with van der Waals surface area (Å²) in [4.78, 5) is 21.8. The number of oxime groups is 1. The standard InChI is InChI=1S/C22H29N5O3/c1-3-27-20-18(13(2)25-27)19(24-15-7-5-4-6-8-15)16(12-23-20)17-11-22(30-26-17)9-14(10-22)21(28)29/h12,14-15H,3-11H2,1-2H3,(H,23,24)(H,28,29). The van der Waals surface area contributed by atoms with Crippen molar-refractivity contribution in [3.63, 3.8) is 0 Å². The maximum atomic E-state index is 11.2. The van der Waals surface area contributed by atoms with Crippen LogP contribution in [0, 0.1) is 12.8 Å². The molecule has 0 unspecified atom stereocenters. The summed E-state index contributed by atoms with van der Waals surface area (Å²) >= 11 is 0. The molecule has 0 amide bonds. The van der Waals surface area contributed by atoms with Crippen LogP contribution in [0.25, 0.3) is 11.0 Å². The van der Waals surface area contributed by atoms with Crippen molar-refractivity contribution in [2.24, 2.45) is 11.1 Å². The molecule has 3 heterocycles. The molecule has 1 spiro atoms. The van der Waals surface area contributed by atoms with E-state index in [4.69, 9.17) is 14.9 Å². The highest BCUT2D eigenvalue weighted by Crippen LogP contribution is 2.48. The number of pyridine rings is 1. The second kappa shape index (κ2) is 7.25. The van der Waals surface area contributed by atoms with Crippen molar-refractivity contribution in [3.8, 4) is 0 Å². The molecule has 0 radical (unpaired) electrons. The number of carboxylic acid groups (broad SMARTS) is 1. The Kier molecular flexibility index (Phi) is 4.67. The van der Waals surface area contributed by atoms with Gasteiger partial charge in [-0.15, -0.1) is 0 Å². The van der Waals surface area contributed by atoms with Crippen molar-refractivity contribution in [3.05, 3.63) is 17.5 Å². The molecule has 8 nitrogen and oxygen atoms in total. The zero-order chi connectivity index (χ0) is 20.9. The van der Waals surface area contributed by atoms with Gasteiger partial charge in [-0.05, 0) is 26.7 Å². The van der Waals surface area contributed by atoms with Gasteiger partial charge in [-0.25, -0.2) is 9.67 Å². The summed E-state index contributed by atoms with van der Waals surface area (Å²) in [7, 11) is 0. The summed E-state index contributed by atoms with van der Waals surface area (Å²) in [6.07, 6.45) is 9.68. The van der Waals surface area contributed by atoms with E-state index in [0.29, 0.717) is 25.3 Å². The maximum Gasteiger partial charge on any atom is 0.306 e. The Morgan fingerprint density at radius 3 is 2.80 bits per heavy atom. The smallest absolute Gasteiger partial charge is 0.306 e. The molecule has 0 saturated heterocycles. The van der Waals surface area contributed by atoms with Gasteiger partial charge in [0.2, 0.25) is 0 Å². The minimum atomic E-state index is -0.747. The summed E-state index contributed by atoms with van der Waals surface area (Å²) in [6, 6.07) is 0.435. The summed E-state index contributed by atoms with van der Waals surface area (Å²) in [5, 5.41) is 23.2. The van der Waals surface area contributed by atoms with E-state index in [9.17, 15) is 9.90 Å². The fraction of sp³-hybridized carbons (Fsp3) is 0.636. The van der Waals surface area contributed by atoms with E-state index in [1.54, 1.807) is 0 Å². The molecule has 2 aromatic heterocycles. The van der Waals surface area contributed by atoms with E-state index in [1.807, 2.05) is 17.8 Å². The molecule has 2 aliphatic carbocycles. The average Bonchev–Trinajstić information content (AvgIpc) is 3.30. The molecule has 2 saturated carbocycles. The predicted molar refractivity (Wildman–Crippen MR) is 114 cm³/mol. The lowest BCUT2D eigenvalue weighted by atomic mass is 9.68. The van der Waals surface area contributed by atoms with Gasteiger partial charge < -0.3 is 15.3 Å². The number of aliphatic carboxylic acids is 1. The predicted octanol–water partition coefficient (Wildman–Crippen LogP) is 3.86. The van der Waals surface area contributed by atoms with Crippen LogP contribution < -0.4 is 5.32 Å². The topological polar surface area (TPSA) is 102 Å². The monoisotopic (exact) mass is 411 g/mol. The molecule has 3 aliphatic rings. The molecular formula is C22H29N5O3. The number of fused-ring (bicyclic) bond motifs is 1. The third kappa shape index (κ3) is 3.13. The highest BCUT2D eigenvalue weighted by atomic mass is 16.7. The van der Waals surface area contributed by atoms with Crippen molar-refractivity contribution in [2.75, 3.05) is 5.32 Å². The van der Waals surface area contributed by atoms with Gasteiger partial charge in [0, 0.05) is 43.6 Å². The quantitative estimate of drug-likeness (QED) is 0.775. The number of hydrogen-bond acceptors (Lipinski definition) is 6. The van der Waals surface area contributed by atoms with Gasteiger partial charge >= 0.3 is 5.97 Å². The van der Waals surface area contributed by atoms with Crippen molar-refractivity contribution in [2.45, 2.75) is 83.4 Å². The number of anilines is 1. The Labute approximate surface area is 175 Å². The van der Waals surface area contributed by atoms with Gasteiger partial charge in [-0.1, -0.05) is 24.4 Å². The first-order chi connectivity index (χ1) is 14.5. The normalized spacial score (nSPS) is 26.5. The number of rotatable bonds is 5. The molecule has 5 rings (SSSR count). The first-order valence-corrected chi connectivity index (χ1v) is 11.1. The second-order valence-electron chi connectivity index (χ2n) is 9.06. The Hall–Kier alpha value is -2.64. The lowest BCUT2D eigenvalue weighted by molar-refractivity contribution is -0.162. The van der Waals surface area contributed by atoms with E-state index in [2.05, 4.69) is 17.4 Å². The third-order valence-electron chi connectivity index (χ3n) is 6.93. The van der Waals surface area contributed by atoms with E-state index >= 15 is 0 Å². The Balaban J connectivity index is 1.51. The summed E-state index contributed by atoms with van der Waals surface area (Å²) in [6.45, 7) is 4.87. The second-order valence-corrected chi connectivity index (χ2v) is 9.06. The lowest BCUT2D eigenvalue weighted by Gasteiger charge is -2.40. The molecular weight excluding hydrogens is 382 g/mol. The molecule has 8 heteroatoms. The summed E-state index contributed by atoms with van der Waals surface area (Å²) < 4.78 is 1.94. The van der Waals surface area contributed by atoms with Gasteiger partial charge in [0.25, 0.3) is 0 Å². The number of hydrogen-bond donors (Lipinski definition) is 2. The van der Waals surface area contributed by atoms with Crippen LogP contribution in [-0.4, -0.2) is 43.2 Å². The van der Waals surface area contributed by atoms with Gasteiger partial charge in [0.15, 0.2) is 5.65 Å². The fourth-order valence-electron chi connectivity index (χ4n) is 5.26. The first kappa shape index (κ1) is 19.3. The Bertz CT molecular complexity index is 1020. The number of aromatic nitrogens is 3. The molecule has 1 aliphatic heterocycles. The largest absolute Gasteiger partial charge is 0.481 e. The van der Waals surface area contributed by atoms with Crippen LogP contribution >= 0.6 is 0 Å². The molecule has 2 fully saturated rings. The van der Waals surface area contributed by atoms with Crippen molar-refractivity contribution in [1.82, 2.24) is 14.8 Å². The van der Waals surface area contributed by atoms with Crippen molar-refractivity contribution in [1.29, 1.82) is 0 Å². The number of nitrogens with zero attached hydrogens (tertiary/aromatic N) is 4. The molecule has 2 N–H and O–H groups in total. The zero-order valence-electron chi connectivity index (χ0n) is 17.6. The average molecular weight is 412 g/mol. The molecule has 0 atom stereocenters. The Morgan fingerprint density at radius 2 is 2.10 bits per heavy atom. The molecule has 30 heavy (non-hydrogen) atoms. The Morgan fingerprint density at radius 1 is 1.33 bits per heavy atom. The number of nitrogens with one attached hydrogen (secondary N) is 1. The maximum absolute atomic E-state index is 11.2. The minimum Gasteiger partial charge on any atom is -0.481 e. The lowest BCUT2D eigenvalue weighted by Crippen LogP contribution is -2.47. The van der Waals surface area contributed by atoms with Crippen LogP contribution in [-0.2, 0) is 16.2 Å². The number of aryl methyl sites for hydroxylation is 2. The third-order valence-corrected chi connectivity index (χ3v) is 6.93. The van der Waals surface area contributed by atoms with E-state index in [-0.39, 0.29) is 5.92 Å². The van der Waals surface area contributed by atoms with Crippen molar-refractivity contribution >= 4 is 28.4 Å². The van der Waals surface area contributed by atoms with E-state index < -0.39 is 11.6 Å². The van der Waals surface area contributed by atoms with Crippen molar-refractivity contribution < 1.29 is 14.7 Å². The zero-order valence-corrected chi connectivity index (χ0v) is 17.6. The van der Waals surface area contributed by atoms with Gasteiger partial charge in [0.05, 0.1) is 28.4 Å². The number of carboxylic acids is 1. The van der Waals surface area contributed by atoms with Crippen LogP contribution in [0.1, 0.15) is 69.5 Å². The van der Waals surface area contributed by atoms with Crippen LogP contribution in [0.4, 0.5) is 5.69 Å². The highest BCUT2D eigenvalue weighted by molar-refractivity contribution is 6.11. The van der Waals surface area contributed by atoms with Gasteiger partial charge in [0.1, 0.15) is 5.60 Å². The highest BCUT2D eigenvalue weighted by Gasteiger charge is 2.53. The fourth-order valence-corrected chi connectivity index (χ4v) is 5.26. The first-order valence-electron chi connectivity index (χ1n) is 11.1. The number of carbonyl (C=O) groups is 1. The van der Waals surface area contributed by atoms with Crippen LogP contribution in [0.15, 0.2) is 11.4 Å². The molecule has 0 bridgehead atoms. The van der Waals surface area contributed by atoms with Crippen LogP contribution in [0.2, 0.25) is 0 Å². The summed E-state index contributed by atoms with van der Waals surface area (Å²) in [5.41, 5.74) is 4.26. The molecule has 160 valence electrons. The van der Waals surface area contributed by atoms with Crippen LogP contribution in [0.3, 0.4) is 0 Å². The van der Waals surface area contributed by atoms with E-state index in [1.165, 1.54) is 19.3 Å². The SMILES string of the molecule is CCn1nc(C)c2c(NC3CCCCC3)c(C3=NOC4(C3)CC(C(=O)O)C4)cnc21. The molecule has 2 aromatic rings. The minimum absolute atomic E-state index is 0.329.